The van der Waals surface area contributed by atoms with Crippen molar-refractivity contribution in [2.75, 3.05) is 19.8 Å². The van der Waals surface area contributed by atoms with Gasteiger partial charge in [0.05, 0.1) is 43.7 Å². The number of rotatable bonds is 12. The third-order valence-electron chi connectivity index (χ3n) is 3.99. The minimum atomic E-state index is -0.144. The minimum absolute atomic E-state index is 0.00421. The van der Waals surface area contributed by atoms with Crippen molar-refractivity contribution in [3.63, 3.8) is 0 Å². The second kappa shape index (κ2) is 10.6. The fourth-order valence-electron chi connectivity index (χ4n) is 2.42. The highest BCUT2D eigenvalue weighted by atomic mass is 16.6. The van der Waals surface area contributed by atoms with Crippen LogP contribution < -0.4 is 0 Å². The van der Waals surface area contributed by atoms with Crippen LogP contribution in [0.4, 0.5) is 0 Å². The zero-order valence-corrected chi connectivity index (χ0v) is 15.9. The van der Waals surface area contributed by atoms with Crippen molar-refractivity contribution in [3.05, 3.63) is 0 Å². The van der Waals surface area contributed by atoms with E-state index in [0.29, 0.717) is 25.0 Å². The molecule has 0 radical (unpaired) electrons. The lowest BCUT2D eigenvalue weighted by Crippen LogP contribution is -2.41. The van der Waals surface area contributed by atoms with Crippen LogP contribution >= 0.6 is 0 Å². The summed E-state index contributed by atoms with van der Waals surface area (Å²) in [5.74, 6) is 1.07. The van der Waals surface area contributed by atoms with Crippen LogP contribution in [0.1, 0.15) is 61.8 Å². The summed E-state index contributed by atoms with van der Waals surface area (Å²) in [7, 11) is 0. The Kier molecular flexibility index (Phi) is 10.5. The molecule has 0 aliphatic carbocycles. The first-order chi connectivity index (χ1) is 10.1. The van der Waals surface area contributed by atoms with E-state index in [2.05, 4.69) is 41.5 Å². The van der Waals surface area contributed by atoms with Gasteiger partial charge in [0.2, 0.25) is 0 Å². The van der Waals surface area contributed by atoms with Gasteiger partial charge in [-0.25, -0.2) is 0 Å². The average molecular weight is 318 g/mol. The van der Waals surface area contributed by atoms with Crippen molar-refractivity contribution in [1.82, 2.24) is 0 Å². The van der Waals surface area contributed by atoms with Crippen molar-refractivity contribution in [2.45, 2.75) is 85.7 Å². The van der Waals surface area contributed by atoms with Gasteiger partial charge in [0, 0.05) is 0 Å². The molecule has 22 heavy (non-hydrogen) atoms. The summed E-state index contributed by atoms with van der Waals surface area (Å²) in [6.07, 6.45) is 0.941. The highest BCUT2D eigenvalue weighted by molar-refractivity contribution is 4.81. The van der Waals surface area contributed by atoms with Gasteiger partial charge in [0.15, 0.2) is 0 Å². The first-order valence-corrected chi connectivity index (χ1v) is 8.62. The first kappa shape index (κ1) is 21.8. The van der Waals surface area contributed by atoms with Gasteiger partial charge in [-0.3, -0.25) is 0 Å². The first-order valence-electron chi connectivity index (χ1n) is 8.62. The molecule has 0 aromatic heterocycles. The van der Waals surface area contributed by atoms with Crippen LogP contribution in [0.25, 0.3) is 0 Å². The van der Waals surface area contributed by atoms with E-state index in [1.165, 1.54) is 0 Å². The molecule has 1 N–H and O–H groups in total. The zero-order chi connectivity index (χ0) is 17.3. The van der Waals surface area contributed by atoms with Crippen molar-refractivity contribution in [1.29, 1.82) is 0 Å². The Hall–Kier alpha value is -0.160. The quantitative estimate of drug-likeness (QED) is 0.596. The van der Waals surface area contributed by atoms with E-state index in [1.54, 1.807) is 0 Å². The molecule has 0 spiro atoms. The van der Waals surface area contributed by atoms with Crippen molar-refractivity contribution in [3.8, 4) is 0 Å². The second-order valence-corrected chi connectivity index (χ2v) is 7.46. The topological polar surface area (TPSA) is 47.9 Å². The predicted octanol–water partition coefficient (Wildman–Crippen LogP) is 3.65. The molecule has 0 aromatic carbocycles. The maximum absolute atomic E-state index is 8.93. The minimum Gasteiger partial charge on any atom is -0.394 e. The molecule has 0 amide bonds. The van der Waals surface area contributed by atoms with Gasteiger partial charge in [-0.15, -0.1) is 0 Å². The second-order valence-electron chi connectivity index (χ2n) is 7.46. The molecule has 0 fully saturated rings. The summed E-state index contributed by atoms with van der Waals surface area (Å²) in [6.45, 7) is 18.0. The molecule has 0 saturated carbocycles. The van der Waals surface area contributed by atoms with Gasteiger partial charge >= 0.3 is 0 Å². The average Bonchev–Trinajstić information content (AvgIpc) is 2.41. The molecular formula is C18H38O4. The molecule has 0 aromatic rings. The largest absolute Gasteiger partial charge is 0.394 e. The summed E-state index contributed by atoms with van der Waals surface area (Å²) < 4.78 is 17.6. The molecule has 4 atom stereocenters. The van der Waals surface area contributed by atoms with Crippen LogP contribution in [0.3, 0.4) is 0 Å². The molecule has 0 rings (SSSR count). The van der Waals surface area contributed by atoms with Crippen molar-refractivity contribution < 1.29 is 19.3 Å². The van der Waals surface area contributed by atoms with Crippen LogP contribution in [-0.4, -0.2) is 48.8 Å². The van der Waals surface area contributed by atoms with Gasteiger partial charge in [-0.05, 0) is 46.0 Å². The summed E-state index contributed by atoms with van der Waals surface area (Å²) >= 11 is 0. The van der Waals surface area contributed by atoms with Gasteiger partial charge in [0.1, 0.15) is 0 Å². The Labute approximate surface area is 137 Å². The van der Waals surface area contributed by atoms with Crippen LogP contribution in [0.2, 0.25) is 0 Å². The van der Waals surface area contributed by atoms with Gasteiger partial charge in [-0.1, -0.05) is 27.7 Å². The SMILES string of the molecule is CC(C)CC(C)(OC(C)COC(C)COC(C)CO)C(C)C. The monoisotopic (exact) mass is 318 g/mol. The highest BCUT2D eigenvalue weighted by Crippen LogP contribution is 2.30. The molecule has 0 heterocycles. The number of ether oxygens (including phenoxy) is 3. The van der Waals surface area contributed by atoms with E-state index in [4.69, 9.17) is 19.3 Å². The molecule has 4 unspecified atom stereocenters. The van der Waals surface area contributed by atoms with Crippen molar-refractivity contribution >= 4 is 0 Å². The Morgan fingerprint density at radius 2 is 1.32 bits per heavy atom. The molecular weight excluding hydrogens is 280 g/mol. The van der Waals surface area contributed by atoms with E-state index in [9.17, 15) is 0 Å². The number of hydrogen-bond donors (Lipinski definition) is 1. The lowest BCUT2D eigenvalue weighted by Gasteiger charge is -2.38. The summed E-state index contributed by atoms with van der Waals surface area (Å²) in [5, 5.41) is 8.93. The number of hydrogen-bond acceptors (Lipinski definition) is 4. The van der Waals surface area contributed by atoms with Crippen LogP contribution in [0.5, 0.6) is 0 Å². The Morgan fingerprint density at radius 1 is 0.818 bits per heavy atom. The fourth-order valence-corrected chi connectivity index (χ4v) is 2.42. The van der Waals surface area contributed by atoms with Gasteiger partial charge in [-0.2, -0.15) is 0 Å². The van der Waals surface area contributed by atoms with Crippen LogP contribution in [0.15, 0.2) is 0 Å². The summed E-state index contributed by atoms with van der Waals surface area (Å²) in [4.78, 5) is 0. The maximum atomic E-state index is 8.93. The maximum Gasteiger partial charge on any atom is 0.0788 e. The molecule has 4 heteroatoms. The van der Waals surface area contributed by atoms with E-state index < -0.39 is 0 Å². The third kappa shape index (κ3) is 9.09. The smallest absolute Gasteiger partial charge is 0.0788 e. The highest BCUT2D eigenvalue weighted by Gasteiger charge is 2.32. The van der Waals surface area contributed by atoms with E-state index in [-0.39, 0.29) is 30.5 Å². The third-order valence-corrected chi connectivity index (χ3v) is 3.99. The molecule has 0 aliphatic rings. The Morgan fingerprint density at radius 3 is 1.77 bits per heavy atom. The van der Waals surface area contributed by atoms with E-state index in [1.807, 2.05) is 13.8 Å². The van der Waals surface area contributed by atoms with Gasteiger partial charge in [0.25, 0.3) is 0 Å². The van der Waals surface area contributed by atoms with E-state index in [0.717, 1.165) is 6.42 Å². The van der Waals surface area contributed by atoms with Crippen LogP contribution in [0, 0.1) is 11.8 Å². The van der Waals surface area contributed by atoms with Crippen LogP contribution in [-0.2, 0) is 14.2 Å². The molecule has 4 nitrogen and oxygen atoms in total. The molecule has 0 aliphatic heterocycles. The summed E-state index contributed by atoms with van der Waals surface area (Å²) in [6, 6.07) is 0. The standard InChI is InChI=1S/C18H38O4/c1-13(2)9-18(8,14(3)4)22-17(7)12-21-16(6)11-20-15(5)10-19/h13-17,19H,9-12H2,1-8H3. The Balaban J connectivity index is 4.21. The fraction of sp³-hybridized carbons (Fsp3) is 1.00. The van der Waals surface area contributed by atoms with E-state index >= 15 is 0 Å². The number of aliphatic hydroxyl groups is 1. The lowest BCUT2D eigenvalue weighted by atomic mass is 9.84. The molecule has 0 saturated heterocycles. The number of aliphatic hydroxyl groups excluding tert-OH is 1. The Bertz CT molecular complexity index is 280. The predicted molar refractivity (Wildman–Crippen MR) is 91.2 cm³/mol. The summed E-state index contributed by atoms with van der Waals surface area (Å²) in [5.41, 5.74) is -0.123. The van der Waals surface area contributed by atoms with Crippen molar-refractivity contribution in [2.24, 2.45) is 11.8 Å². The molecule has 0 bridgehead atoms. The zero-order valence-electron chi connectivity index (χ0n) is 15.9. The normalized spacial score (nSPS) is 19.2. The van der Waals surface area contributed by atoms with Gasteiger partial charge < -0.3 is 19.3 Å². The lowest BCUT2D eigenvalue weighted by molar-refractivity contribution is -0.145. The molecule has 134 valence electrons.